The molecule has 0 bridgehead atoms. The van der Waals surface area contributed by atoms with Gasteiger partial charge in [-0.15, -0.1) is 10.2 Å². The lowest BCUT2D eigenvalue weighted by Crippen LogP contribution is -2.36. The Hall–Kier alpha value is -2.41. The first kappa shape index (κ1) is 19.4. The zero-order valence-electron chi connectivity index (χ0n) is 16.5. The van der Waals surface area contributed by atoms with E-state index in [-0.39, 0.29) is 12.0 Å². The Labute approximate surface area is 160 Å². The van der Waals surface area contributed by atoms with Gasteiger partial charge in [0.15, 0.2) is 0 Å². The van der Waals surface area contributed by atoms with Crippen molar-refractivity contribution in [2.45, 2.75) is 39.8 Å². The Morgan fingerprint density at radius 2 is 1.89 bits per heavy atom. The maximum Gasteiger partial charge on any atom is 0.253 e. The van der Waals surface area contributed by atoms with Gasteiger partial charge in [0.2, 0.25) is 0 Å². The van der Waals surface area contributed by atoms with E-state index in [1.165, 1.54) is 0 Å². The Morgan fingerprint density at radius 1 is 1.11 bits per heavy atom. The van der Waals surface area contributed by atoms with Crippen LogP contribution in [0.5, 0.6) is 5.75 Å². The third-order valence-corrected chi connectivity index (χ3v) is 4.82. The zero-order valence-corrected chi connectivity index (χ0v) is 16.5. The topological polar surface area (TPSA) is 63.5 Å². The fraction of sp³-hybridized carbons (Fsp3) is 0.550. The lowest BCUT2D eigenvalue weighted by atomic mass is 10.2. The number of carbonyl (C=O) groups excluding carboxylic acids is 1. The third kappa shape index (κ3) is 5.29. The normalized spacial score (nSPS) is 15.8. The number of carbonyl (C=O) groups is 1. The summed E-state index contributed by atoms with van der Waals surface area (Å²) >= 11 is 0. The standard InChI is InChI=1S/C20H29N5O2/c1-16(2)27-19-7-5-18(6-8-19)20(26)24-10-4-9-23(11-13-24)12-14-25-15-21-22-17(25)3/h5-8,15-16H,4,9-14H2,1-3H3. The van der Waals surface area contributed by atoms with Crippen LogP contribution >= 0.6 is 0 Å². The van der Waals surface area contributed by atoms with Crippen LogP contribution in [-0.2, 0) is 6.54 Å². The highest BCUT2D eigenvalue weighted by Crippen LogP contribution is 2.16. The van der Waals surface area contributed by atoms with Gasteiger partial charge in [0, 0.05) is 38.3 Å². The van der Waals surface area contributed by atoms with Crippen LogP contribution in [0.1, 0.15) is 36.5 Å². The first-order valence-corrected chi connectivity index (χ1v) is 9.65. The highest BCUT2D eigenvalue weighted by molar-refractivity contribution is 5.94. The van der Waals surface area contributed by atoms with E-state index in [1.54, 1.807) is 6.33 Å². The molecule has 0 aliphatic carbocycles. The maximum absolute atomic E-state index is 12.8. The minimum Gasteiger partial charge on any atom is -0.491 e. The molecule has 0 unspecified atom stereocenters. The number of hydrogen-bond acceptors (Lipinski definition) is 5. The summed E-state index contributed by atoms with van der Waals surface area (Å²) in [6, 6.07) is 7.47. The second-order valence-corrected chi connectivity index (χ2v) is 7.25. The van der Waals surface area contributed by atoms with Gasteiger partial charge in [0.25, 0.3) is 5.91 Å². The molecule has 146 valence electrons. The van der Waals surface area contributed by atoms with E-state index in [2.05, 4.69) is 19.7 Å². The number of benzene rings is 1. The van der Waals surface area contributed by atoms with Gasteiger partial charge < -0.3 is 14.2 Å². The summed E-state index contributed by atoms with van der Waals surface area (Å²) in [6.45, 7) is 11.2. The highest BCUT2D eigenvalue weighted by atomic mass is 16.5. The van der Waals surface area contributed by atoms with Crippen molar-refractivity contribution >= 4 is 5.91 Å². The van der Waals surface area contributed by atoms with Crippen molar-refractivity contribution in [1.82, 2.24) is 24.6 Å². The lowest BCUT2D eigenvalue weighted by Gasteiger charge is -2.22. The molecule has 7 heteroatoms. The lowest BCUT2D eigenvalue weighted by molar-refractivity contribution is 0.0761. The smallest absolute Gasteiger partial charge is 0.253 e. The van der Waals surface area contributed by atoms with Crippen molar-refractivity contribution in [2.75, 3.05) is 32.7 Å². The van der Waals surface area contributed by atoms with Crippen molar-refractivity contribution in [3.8, 4) is 5.75 Å². The molecule has 1 aliphatic rings. The van der Waals surface area contributed by atoms with Crippen LogP contribution in [0.2, 0.25) is 0 Å². The summed E-state index contributed by atoms with van der Waals surface area (Å²) in [5, 5.41) is 7.95. The van der Waals surface area contributed by atoms with E-state index in [0.29, 0.717) is 0 Å². The molecule has 0 radical (unpaired) electrons. The van der Waals surface area contributed by atoms with Crippen LogP contribution in [0.25, 0.3) is 0 Å². The van der Waals surface area contributed by atoms with Gasteiger partial charge in [-0.25, -0.2) is 0 Å². The van der Waals surface area contributed by atoms with E-state index in [4.69, 9.17) is 4.74 Å². The molecule has 0 saturated carbocycles. The van der Waals surface area contributed by atoms with Gasteiger partial charge in [0.1, 0.15) is 17.9 Å². The molecule has 3 rings (SSSR count). The first-order valence-electron chi connectivity index (χ1n) is 9.65. The fourth-order valence-electron chi connectivity index (χ4n) is 3.31. The van der Waals surface area contributed by atoms with Gasteiger partial charge >= 0.3 is 0 Å². The van der Waals surface area contributed by atoms with Crippen LogP contribution in [-0.4, -0.2) is 69.3 Å². The van der Waals surface area contributed by atoms with E-state index < -0.39 is 0 Å². The van der Waals surface area contributed by atoms with Crippen molar-refractivity contribution in [3.05, 3.63) is 42.0 Å². The summed E-state index contributed by atoms with van der Waals surface area (Å²) in [7, 11) is 0. The molecule has 7 nitrogen and oxygen atoms in total. The second kappa shape index (κ2) is 8.99. The Balaban J connectivity index is 1.52. The molecule has 1 aromatic heterocycles. The Bertz CT molecular complexity index is 741. The Kier molecular flexibility index (Phi) is 6.45. The summed E-state index contributed by atoms with van der Waals surface area (Å²) in [4.78, 5) is 17.2. The number of rotatable bonds is 6. The van der Waals surface area contributed by atoms with Gasteiger partial charge in [0.05, 0.1) is 6.10 Å². The summed E-state index contributed by atoms with van der Waals surface area (Å²) in [5.41, 5.74) is 0.722. The maximum atomic E-state index is 12.8. The summed E-state index contributed by atoms with van der Waals surface area (Å²) < 4.78 is 7.72. The first-order chi connectivity index (χ1) is 13.0. The molecule has 0 N–H and O–H groups in total. The fourth-order valence-corrected chi connectivity index (χ4v) is 3.31. The molecule has 0 spiro atoms. The second-order valence-electron chi connectivity index (χ2n) is 7.25. The SMILES string of the molecule is Cc1nncn1CCN1CCCN(C(=O)c2ccc(OC(C)C)cc2)CC1. The molecule has 1 aliphatic heterocycles. The minimum atomic E-state index is 0.0996. The third-order valence-electron chi connectivity index (χ3n) is 4.82. The van der Waals surface area contributed by atoms with Crippen molar-refractivity contribution in [1.29, 1.82) is 0 Å². The molecule has 1 fully saturated rings. The Morgan fingerprint density at radius 3 is 2.56 bits per heavy atom. The van der Waals surface area contributed by atoms with Crippen LogP contribution in [0.15, 0.2) is 30.6 Å². The van der Waals surface area contributed by atoms with Crippen LogP contribution in [0.3, 0.4) is 0 Å². The van der Waals surface area contributed by atoms with Crippen LogP contribution in [0, 0.1) is 6.92 Å². The van der Waals surface area contributed by atoms with Gasteiger partial charge in [-0.1, -0.05) is 0 Å². The number of nitrogens with zero attached hydrogens (tertiary/aromatic N) is 5. The molecule has 1 saturated heterocycles. The molecule has 27 heavy (non-hydrogen) atoms. The quantitative estimate of drug-likeness (QED) is 0.779. The van der Waals surface area contributed by atoms with Crippen molar-refractivity contribution in [2.24, 2.45) is 0 Å². The molecule has 2 aromatic rings. The number of aromatic nitrogens is 3. The number of ether oxygens (including phenoxy) is 1. The van der Waals surface area contributed by atoms with Gasteiger partial charge in [-0.2, -0.15) is 0 Å². The monoisotopic (exact) mass is 371 g/mol. The van der Waals surface area contributed by atoms with E-state index >= 15 is 0 Å². The predicted molar refractivity (Wildman–Crippen MR) is 104 cm³/mol. The van der Waals surface area contributed by atoms with Crippen LogP contribution < -0.4 is 4.74 Å². The predicted octanol–water partition coefficient (Wildman–Crippen LogP) is 2.22. The van der Waals surface area contributed by atoms with Crippen molar-refractivity contribution in [3.63, 3.8) is 0 Å². The van der Waals surface area contributed by atoms with Crippen LogP contribution in [0.4, 0.5) is 0 Å². The molecular weight excluding hydrogens is 342 g/mol. The number of hydrogen-bond donors (Lipinski definition) is 0. The molecular formula is C20H29N5O2. The van der Waals surface area contributed by atoms with Gasteiger partial charge in [-0.3, -0.25) is 9.69 Å². The van der Waals surface area contributed by atoms with E-state index in [0.717, 1.165) is 62.8 Å². The molecule has 2 heterocycles. The molecule has 0 atom stereocenters. The average Bonchev–Trinajstić information content (AvgIpc) is 2.91. The average molecular weight is 371 g/mol. The zero-order chi connectivity index (χ0) is 19.2. The van der Waals surface area contributed by atoms with Crippen molar-refractivity contribution < 1.29 is 9.53 Å². The number of aryl methyl sites for hydroxylation is 1. The van der Waals surface area contributed by atoms with Gasteiger partial charge in [-0.05, 0) is 58.0 Å². The minimum absolute atomic E-state index is 0.0996. The van der Waals surface area contributed by atoms with E-state index in [1.807, 2.05) is 49.9 Å². The largest absolute Gasteiger partial charge is 0.491 e. The molecule has 1 amide bonds. The summed E-state index contributed by atoms with van der Waals surface area (Å²) in [6.07, 6.45) is 2.89. The number of amides is 1. The summed E-state index contributed by atoms with van der Waals surface area (Å²) in [5.74, 6) is 1.84. The molecule has 1 aromatic carbocycles. The highest BCUT2D eigenvalue weighted by Gasteiger charge is 2.20. The van der Waals surface area contributed by atoms with E-state index in [9.17, 15) is 4.79 Å².